The van der Waals surface area contributed by atoms with E-state index >= 15 is 0 Å². The molecule has 2 aromatic heterocycles. The molecular weight excluding hydrogens is 1180 g/mol. The van der Waals surface area contributed by atoms with Crippen LogP contribution in [-0.2, 0) is 71.4 Å². The number of ether oxygens (including phenoxy) is 11. The summed E-state index contributed by atoms with van der Waals surface area (Å²) < 4.78 is 112. The van der Waals surface area contributed by atoms with Gasteiger partial charge in [0.25, 0.3) is 11.8 Å². The number of fused-ring (bicyclic) bond motifs is 1. The smallest absolute Gasteiger partial charge is 0.313 e. The van der Waals surface area contributed by atoms with Crippen LogP contribution >= 0.6 is 0 Å². The van der Waals surface area contributed by atoms with Crippen molar-refractivity contribution in [2.24, 2.45) is 16.6 Å². The molecule has 0 atom stereocenters. The number of nitrogens with two attached hydrogens (primary N) is 1. The number of nitrogens with zero attached hydrogens (tertiary/aromatic N) is 5. The number of carbonyl (C=O) groups excluding carboxylic acids is 5. The molecule has 1 fully saturated rings. The van der Waals surface area contributed by atoms with Gasteiger partial charge in [0.15, 0.2) is 11.6 Å². The van der Waals surface area contributed by atoms with Gasteiger partial charge >= 0.3 is 5.97 Å². The van der Waals surface area contributed by atoms with E-state index in [2.05, 4.69) is 40.5 Å². The maximum atomic E-state index is 13.6. The molecule has 5 rings (SSSR count). The molecule has 3 aromatic rings. The Labute approximate surface area is 514 Å². The average molecular weight is 1270 g/mol. The number of hydrogen-bond acceptors (Lipinski definition) is 22. The van der Waals surface area contributed by atoms with Gasteiger partial charge in [-0.15, -0.1) is 0 Å². The number of pyridine rings is 2. The Morgan fingerprint density at radius 3 is 1.64 bits per heavy atom. The molecule has 1 saturated heterocycles. The zero-order valence-corrected chi connectivity index (χ0v) is 50.5. The molecule has 0 saturated carbocycles. The lowest BCUT2D eigenvalue weighted by Gasteiger charge is -2.32. The van der Waals surface area contributed by atoms with Crippen molar-refractivity contribution in [2.75, 3.05) is 182 Å². The quantitative estimate of drug-likeness (QED) is 0.0153. The molecular formula is C59H83F4N9O17. The number of anilines is 2. The predicted molar refractivity (Wildman–Crippen MR) is 314 cm³/mol. The van der Waals surface area contributed by atoms with E-state index in [9.17, 15) is 41.5 Å². The Bertz CT molecular complexity index is 2660. The van der Waals surface area contributed by atoms with Crippen LogP contribution < -0.4 is 31.3 Å². The van der Waals surface area contributed by atoms with Crippen molar-refractivity contribution in [2.45, 2.75) is 52.4 Å². The van der Waals surface area contributed by atoms with Gasteiger partial charge in [-0.1, -0.05) is 6.92 Å². The second-order valence-corrected chi connectivity index (χ2v) is 19.6. The topological polar surface area (TPSA) is 303 Å². The van der Waals surface area contributed by atoms with Gasteiger partial charge in [-0.3, -0.25) is 33.8 Å². The van der Waals surface area contributed by atoms with Crippen LogP contribution in [0.5, 0.6) is 5.75 Å². The zero-order valence-electron chi connectivity index (χ0n) is 50.5. The maximum absolute atomic E-state index is 13.6. The highest BCUT2D eigenvalue weighted by Gasteiger charge is 2.27. The van der Waals surface area contributed by atoms with E-state index in [0.717, 1.165) is 5.82 Å². The summed E-state index contributed by atoms with van der Waals surface area (Å²) in [6.45, 7) is 12.7. The second-order valence-electron chi connectivity index (χ2n) is 19.6. The van der Waals surface area contributed by atoms with E-state index < -0.39 is 47.3 Å². The third kappa shape index (κ3) is 28.3. The average Bonchev–Trinajstić information content (AvgIpc) is 2.26. The number of hydrogen-bond donors (Lipinski definition) is 4. The lowest BCUT2D eigenvalue weighted by molar-refractivity contribution is -0.180. The zero-order chi connectivity index (χ0) is 63.9. The summed E-state index contributed by atoms with van der Waals surface area (Å²) in [7, 11) is 0. The third-order valence-electron chi connectivity index (χ3n) is 12.8. The van der Waals surface area contributed by atoms with Crippen LogP contribution in [0.25, 0.3) is 6.08 Å². The van der Waals surface area contributed by atoms with Crippen molar-refractivity contribution in [1.82, 2.24) is 25.7 Å². The van der Waals surface area contributed by atoms with Gasteiger partial charge in [0.05, 0.1) is 174 Å². The SMILES string of the molecule is CCCN(OCC)C(=O)C1=Cc2ncc(C(=O)Nc3ccc(N4CCC(C(=O)NCCNC(=O)CCOCCOCCOCCOCCOCCOCCOCCOCCOCCOCCC(=O)Oc5c(F)c(F)cc(F)c5F)CC4)nc3)cc2N=C(N)C1. The van der Waals surface area contributed by atoms with Gasteiger partial charge in [0, 0.05) is 69.3 Å². The van der Waals surface area contributed by atoms with Gasteiger partial charge in [0.1, 0.15) is 11.7 Å². The molecule has 0 radical (unpaired) electrons. The first kappa shape index (κ1) is 72.9. The van der Waals surface area contributed by atoms with E-state index in [-0.39, 0.29) is 87.0 Å². The van der Waals surface area contributed by atoms with Crippen molar-refractivity contribution in [3.05, 3.63) is 76.8 Å². The highest BCUT2D eigenvalue weighted by Crippen LogP contribution is 2.29. The summed E-state index contributed by atoms with van der Waals surface area (Å²) in [5, 5.41) is 9.87. The normalized spacial score (nSPS) is 13.3. The van der Waals surface area contributed by atoms with Gasteiger partial charge in [-0.25, -0.2) is 23.8 Å². The molecule has 4 amide bonds. The molecule has 89 heavy (non-hydrogen) atoms. The Balaban J connectivity index is 0.736. The number of halogens is 4. The molecule has 0 aliphatic carbocycles. The van der Waals surface area contributed by atoms with Crippen LogP contribution in [0, 0.1) is 29.2 Å². The Hall–Kier alpha value is -6.84. The van der Waals surface area contributed by atoms with Crippen LogP contribution in [0.3, 0.4) is 0 Å². The molecule has 1 aromatic carbocycles. The van der Waals surface area contributed by atoms with E-state index in [1.807, 2.05) is 13.0 Å². The summed E-state index contributed by atoms with van der Waals surface area (Å²) in [6.07, 6.45) is 6.45. The van der Waals surface area contributed by atoms with E-state index in [0.29, 0.717) is 180 Å². The molecule has 30 heteroatoms. The number of carbonyl (C=O) groups is 5. The predicted octanol–water partition coefficient (Wildman–Crippen LogP) is 4.25. The number of piperidine rings is 1. The number of esters is 1. The summed E-state index contributed by atoms with van der Waals surface area (Å²) in [6, 6.07) is 5.15. The molecule has 0 bridgehead atoms. The number of amides is 4. The number of aromatic nitrogens is 2. The molecule has 2 aliphatic heterocycles. The van der Waals surface area contributed by atoms with Crippen molar-refractivity contribution >= 4 is 58.7 Å². The van der Waals surface area contributed by atoms with Crippen molar-refractivity contribution in [3.63, 3.8) is 0 Å². The monoisotopic (exact) mass is 1270 g/mol. The van der Waals surface area contributed by atoms with Gasteiger partial charge in [-0.2, -0.15) is 8.78 Å². The molecule has 2 aliphatic rings. The van der Waals surface area contributed by atoms with Crippen LogP contribution in [0.15, 0.2) is 47.2 Å². The first-order valence-electron chi connectivity index (χ1n) is 29.6. The Kier molecular flexibility index (Phi) is 35.2. The molecule has 0 unspecified atom stereocenters. The number of rotatable bonds is 46. The van der Waals surface area contributed by atoms with E-state index in [1.165, 1.54) is 11.3 Å². The fraction of sp³-hybridized carbons (Fsp3) is 0.593. The minimum atomic E-state index is -1.81. The third-order valence-corrected chi connectivity index (χ3v) is 12.8. The van der Waals surface area contributed by atoms with Crippen LogP contribution in [-0.4, -0.2) is 222 Å². The first-order valence-corrected chi connectivity index (χ1v) is 29.6. The fourth-order valence-electron chi connectivity index (χ4n) is 8.32. The van der Waals surface area contributed by atoms with Gasteiger partial charge < -0.3 is 78.7 Å². The fourth-order valence-corrected chi connectivity index (χ4v) is 8.32. The molecule has 26 nitrogen and oxygen atoms in total. The van der Waals surface area contributed by atoms with Gasteiger partial charge in [-0.05, 0) is 50.5 Å². The molecule has 494 valence electrons. The highest BCUT2D eigenvalue weighted by molar-refractivity contribution is 6.07. The minimum absolute atomic E-state index is 0.0117. The molecule has 5 N–H and O–H groups in total. The number of benzene rings is 1. The van der Waals surface area contributed by atoms with Crippen LogP contribution in [0.4, 0.5) is 34.8 Å². The highest BCUT2D eigenvalue weighted by atomic mass is 19.2. The second kappa shape index (κ2) is 43.0. The lowest BCUT2D eigenvalue weighted by Crippen LogP contribution is -2.42. The number of nitrogens with one attached hydrogen (secondary N) is 3. The summed E-state index contributed by atoms with van der Waals surface area (Å²) in [5.74, 6) is -9.78. The largest absolute Gasteiger partial charge is 0.420 e. The first-order chi connectivity index (χ1) is 43.3. The lowest BCUT2D eigenvalue weighted by atomic mass is 9.96. The Morgan fingerprint density at radius 1 is 0.640 bits per heavy atom. The van der Waals surface area contributed by atoms with Crippen LogP contribution in [0.1, 0.15) is 68.4 Å². The summed E-state index contributed by atoms with van der Waals surface area (Å²) in [5.41, 5.74) is 8.06. The van der Waals surface area contributed by atoms with Crippen LogP contribution in [0.2, 0.25) is 0 Å². The van der Waals surface area contributed by atoms with Crippen molar-refractivity contribution < 1.29 is 98.5 Å². The summed E-state index contributed by atoms with van der Waals surface area (Å²) in [4.78, 5) is 84.4. The molecule has 0 spiro atoms. The Morgan fingerprint density at radius 2 is 1.15 bits per heavy atom. The van der Waals surface area contributed by atoms with Gasteiger partial charge in [0.2, 0.25) is 29.2 Å². The van der Waals surface area contributed by atoms with Crippen molar-refractivity contribution in [1.29, 1.82) is 0 Å². The number of hydroxylamine groups is 2. The standard InChI is InChI=1S/C59H83F4N9O17/c1-3-13-72(88-4-2)59(77)43-36-48-49(70-50(64)38-43)37-44(40-67-48)58(76)69-45-5-6-51(68-41-45)71-14-7-42(8-15-71)57(75)66-12-11-65-52(73)9-16-78-18-20-80-22-24-82-26-28-84-30-32-86-34-35-87-33-31-85-29-27-83-25-23-81-21-19-79-17-10-53(74)89-56-54(62)46(60)39-47(61)55(56)63/h5-6,36-37,39-42H,3-4,7-35,38H2,1-2H3,(H2,64,70)(H,65,73)(H,66,75)(H,69,76). The number of aliphatic imine (C=N–C) groups is 1. The molecule has 4 heterocycles. The maximum Gasteiger partial charge on any atom is 0.313 e. The minimum Gasteiger partial charge on any atom is -0.420 e. The van der Waals surface area contributed by atoms with E-state index in [1.54, 1.807) is 31.3 Å². The summed E-state index contributed by atoms with van der Waals surface area (Å²) >= 11 is 0. The van der Waals surface area contributed by atoms with E-state index in [4.69, 9.17) is 57.9 Å². The van der Waals surface area contributed by atoms with Crippen molar-refractivity contribution in [3.8, 4) is 5.75 Å². The number of amidine groups is 1.